The van der Waals surface area contributed by atoms with Crippen LogP contribution < -0.4 is 19.5 Å². The van der Waals surface area contributed by atoms with Gasteiger partial charge in [0, 0.05) is 12.1 Å². The predicted octanol–water partition coefficient (Wildman–Crippen LogP) is 4.98. The molecule has 6 heteroatoms. The van der Waals surface area contributed by atoms with Crippen molar-refractivity contribution in [3.63, 3.8) is 0 Å². The number of halogens is 1. The van der Waals surface area contributed by atoms with Gasteiger partial charge >= 0.3 is 0 Å². The molecular formula is C21H26ClNO4. The lowest BCUT2D eigenvalue weighted by Crippen LogP contribution is -2.22. The van der Waals surface area contributed by atoms with Gasteiger partial charge in [-0.1, -0.05) is 50.1 Å². The summed E-state index contributed by atoms with van der Waals surface area (Å²) in [5.41, 5.74) is 2.58. The Kier molecular flexibility index (Phi) is 6.60. The third-order valence-corrected chi connectivity index (χ3v) is 4.35. The normalized spacial score (nSPS) is 11.1. The number of hydrogen-bond donors (Lipinski definition) is 1. The summed E-state index contributed by atoms with van der Waals surface area (Å²) in [6.07, 6.45) is 0. The summed E-state index contributed by atoms with van der Waals surface area (Å²) in [5, 5.41) is 3.18. The lowest BCUT2D eigenvalue weighted by molar-refractivity contribution is -0.118. The Morgan fingerprint density at radius 1 is 1.04 bits per heavy atom. The Bertz CT molecular complexity index is 828. The molecule has 0 aliphatic carbocycles. The number of anilines is 1. The molecule has 27 heavy (non-hydrogen) atoms. The van der Waals surface area contributed by atoms with Crippen LogP contribution in [0.25, 0.3) is 0 Å². The molecule has 0 atom stereocenters. The van der Waals surface area contributed by atoms with E-state index in [0.29, 0.717) is 28.0 Å². The highest BCUT2D eigenvalue weighted by molar-refractivity contribution is 6.32. The van der Waals surface area contributed by atoms with Crippen LogP contribution in [0.15, 0.2) is 30.3 Å². The minimum Gasteiger partial charge on any atom is -0.495 e. The maximum Gasteiger partial charge on any atom is 0.262 e. The molecule has 0 fully saturated rings. The first-order chi connectivity index (χ1) is 12.7. The van der Waals surface area contributed by atoms with E-state index in [1.807, 2.05) is 19.1 Å². The fourth-order valence-corrected chi connectivity index (χ4v) is 2.87. The first-order valence-electron chi connectivity index (χ1n) is 8.61. The molecular weight excluding hydrogens is 366 g/mol. The van der Waals surface area contributed by atoms with Gasteiger partial charge in [0.2, 0.25) is 0 Å². The molecule has 0 aliphatic heterocycles. The van der Waals surface area contributed by atoms with Crippen LogP contribution in [0.1, 0.15) is 31.9 Å². The average Bonchev–Trinajstić information content (AvgIpc) is 2.60. The monoisotopic (exact) mass is 391 g/mol. The first-order valence-corrected chi connectivity index (χ1v) is 8.98. The molecule has 5 nitrogen and oxygen atoms in total. The molecule has 2 aromatic rings. The third kappa shape index (κ3) is 5.30. The molecule has 0 heterocycles. The largest absolute Gasteiger partial charge is 0.495 e. The van der Waals surface area contributed by atoms with Gasteiger partial charge in [0.15, 0.2) is 6.61 Å². The van der Waals surface area contributed by atoms with Gasteiger partial charge in [-0.3, -0.25) is 4.79 Å². The van der Waals surface area contributed by atoms with Crippen molar-refractivity contribution in [1.29, 1.82) is 0 Å². The zero-order valence-corrected chi connectivity index (χ0v) is 17.4. The van der Waals surface area contributed by atoms with Gasteiger partial charge in [0.25, 0.3) is 5.91 Å². The van der Waals surface area contributed by atoms with E-state index in [2.05, 4.69) is 32.2 Å². The SMILES string of the molecule is COc1cc(NC(=O)COc2ccc(C)cc2C(C)(C)C)c(OC)cc1Cl. The van der Waals surface area contributed by atoms with E-state index in [4.69, 9.17) is 25.8 Å². The van der Waals surface area contributed by atoms with E-state index in [1.54, 1.807) is 12.1 Å². The lowest BCUT2D eigenvalue weighted by Gasteiger charge is -2.23. The number of nitrogens with one attached hydrogen (secondary N) is 1. The van der Waals surface area contributed by atoms with Crippen molar-refractivity contribution in [2.75, 3.05) is 26.1 Å². The number of carbonyl (C=O) groups excluding carboxylic acids is 1. The molecule has 0 unspecified atom stereocenters. The van der Waals surface area contributed by atoms with Crippen molar-refractivity contribution in [1.82, 2.24) is 0 Å². The van der Waals surface area contributed by atoms with Crippen LogP contribution in [0, 0.1) is 6.92 Å². The molecule has 1 amide bonds. The maximum atomic E-state index is 12.4. The van der Waals surface area contributed by atoms with Crippen LogP contribution in [-0.4, -0.2) is 26.7 Å². The van der Waals surface area contributed by atoms with Crippen LogP contribution >= 0.6 is 11.6 Å². The fraction of sp³-hybridized carbons (Fsp3) is 0.381. The van der Waals surface area contributed by atoms with Crippen molar-refractivity contribution in [3.05, 3.63) is 46.5 Å². The molecule has 0 saturated carbocycles. The minimum atomic E-state index is -0.307. The van der Waals surface area contributed by atoms with Crippen molar-refractivity contribution in [2.24, 2.45) is 0 Å². The van der Waals surface area contributed by atoms with Crippen LogP contribution in [0.4, 0.5) is 5.69 Å². The third-order valence-electron chi connectivity index (χ3n) is 4.05. The molecule has 0 bridgehead atoms. The number of hydrogen-bond acceptors (Lipinski definition) is 4. The van der Waals surface area contributed by atoms with Crippen LogP contribution in [0.5, 0.6) is 17.2 Å². The molecule has 0 radical (unpaired) electrons. The average molecular weight is 392 g/mol. The van der Waals surface area contributed by atoms with Crippen LogP contribution in [-0.2, 0) is 10.2 Å². The summed E-state index contributed by atoms with van der Waals surface area (Å²) in [5.74, 6) is 1.28. The van der Waals surface area contributed by atoms with E-state index < -0.39 is 0 Å². The highest BCUT2D eigenvalue weighted by Crippen LogP contribution is 2.36. The Hall–Kier alpha value is -2.40. The second kappa shape index (κ2) is 8.53. The number of benzene rings is 2. The van der Waals surface area contributed by atoms with Gasteiger partial charge in [-0.15, -0.1) is 0 Å². The van der Waals surface area contributed by atoms with Crippen LogP contribution in [0.2, 0.25) is 5.02 Å². The van der Waals surface area contributed by atoms with Crippen molar-refractivity contribution >= 4 is 23.2 Å². The van der Waals surface area contributed by atoms with Gasteiger partial charge < -0.3 is 19.5 Å². The topological polar surface area (TPSA) is 56.8 Å². The summed E-state index contributed by atoms with van der Waals surface area (Å²) in [6.45, 7) is 8.24. The van der Waals surface area contributed by atoms with E-state index in [1.165, 1.54) is 14.2 Å². The summed E-state index contributed by atoms with van der Waals surface area (Å²) >= 11 is 6.09. The number of rotatable bonds is 6. The lowest BCUT2D eigenvalue weighted by atomic mass is 9.85. The molecule has 0 saturated heterocycles. The highest BCUT2D eigenvalue weighted by Gasteiger charge is 2.20. The second-order valence-corrected chi connectivity index (χ2v) is 7.68. The zero-order chi connectivity index (χ0) is 20.2. The van der Waals surface area contributed by atoms with E-state index >= 15 is 0 Å². The summed E-state index contributed by atoms with van der Waals surface area (Å²) in [4.78, 5) is 12.4. The molecule has 2 aromatic carbocycles. The Morgan fingerprint density at radius 3 is 2.30 bits per heavy atom. The molecule has 1 N–H and O–H groups in total. The first kappa shape index (κ1) is 20.9. The van der Waals surface area contributed by atoms with Gasteiger partial charge in [-0.2, -0.15) is 0 Å². The predicted molar refractivity (Wildman–Crippen MR) is 109 cm³/mol. The molecule has 0 aromatic heterocycles. The number of ether oxygens (including phenoxy) is 3. The van der Waals surface area contributed by atoms with Crippen LogP contribution in [0.3, 0.4) is 0 Å². The van der Waals surface area contributed by atoms with Gasteiger partial charge in [-0.25, -0.2) is 0 Å². The molecule has 146 valence electrons. The summed E-state index contributed by atoms with van der Waals surface area (Å²) < 4.78 is 16.3. The highest BCUT2D eigenvalue weighted by atomic mass is 35.5. The Labute approximate surface area is 165 Å². The number of carbonyl (C=O) groups is 1. The summed E-state index contributed by atoms with van der Waals surface area (Å²) in [7, 11) is 3.01. The van der Waals surface area contributed by atoms with Gasteiger partial charge in [0.1, 0.15) is 17.2 Å². The quantitative estimate of drug-likeness (QED) is 0.754. The van der Waals surface area contributed by atoms with E-state index in [-0.39, 0.29) is 17.9 Å². The number of amides is 1. The summed E-state index contributed by atoms with van der Waals surface area (Å²) in [6, 6.07) is 9.16. The van der Waals surface area contributed by atoms with Crippen molar-refractivity contribution in [2.45, 2.75) is 33.1 Å². The van der Waals surface area contributed by atoms with Crippen molar-refractivity contribution in [3.8, 4) is 17.2 Å². The molecule has 0 spiro atoms. The molecule has 0 aliphatic rings. The smallest absolute Gasteiger partial charge is 0.262 e. The molecule has 2 rings (SSSR count). The minimum absolute atomic E-state index is 0.0927. The second-order valence-electron chi connectivity index (χ2n) is 7.27. The fourth-order valence-electron chi connectivity index (χ4n) is 2.64. The van der Waals surface area contributed by atoms with Gasteiger partial charge in [0.05, 0.1) is 24.9 Å². The maximum absolute atomic E-state index is 12.4. The van der Waals surface area contributed by atoms with E-state index in [9.17, 15) is 4.79 Å². The van der Waals surface area contributed by atoms with E-state index in [0.717, 1.165) is 11.1 Å². The zero-order valence-electron chi connectivity index (χ0n) is 16.6. The Balaban J connectivity index is 2.14. The van der Waals surface area contributed by atoms with Gasteiger partial charge in [-0.05, 0) is 24.0 Å². The Morgan fingerprint density at radius 2 is 1.70 bits per heavy atom. The number of methoxy groups -OCH3 is 2. The van der Waals surface area contributed by atoms with Crippen molar-refractivity contribution < 1.29 is 19.0 Å². The number of aryl methyl sites for hydroxylation is 1. The standard InChI is InChI=1S/C21H26ClNO4/c1-13-7-8-17(14(9-13)21(2,3)4)27-12-20(24)23-16-11-18(25-5)15(22)10-19(16)26-6/h7-11H,12H2,1-6H3,(H,23,24).